The lowest BCUT2D eigenvalue weighted by molar-refractivity contribution is -0.154. The number of primary amides is 1. The number of aliphatic hydroxyl groups excluding tert-OH is 2. The number of aromatic hydroxyl groups is 1. The molecule has 13 nitrogen and oxygen atoms in total. The highest BCUT2D eigenvalue weighted by atomic mass is 79.9. The fraction of sp³-hybridized carbons (Fsp3) is 0.333. The van der Waals surface area contributed by atoms with Crippen molar-refractivity contribution in [3.63, 3.8) is 0 Å². The van der Waals surface area contributed by atoms with E-state index >= 15 is 0 Å². The standard InChI is InChI=1S/C30H31BrN4O9/c1-34(2)21-14-9-10-17(33-29(42)44-13-7-5-12(31)6-8-13)23(36)18(14)24(37)19-15(21)11-16-22(35(3)4)25(38)20(28(32)41)27(40)30(16,43)26(19)39/h5-10,15-16,21-22,36-37,40,43H,11H2,1-4H3,(H2,32,41)(H,33,42)/t15?,16?,21?,22-,30-/m0/s1. The monoisotopic (exact) mass is 670 g/mol. The van der Waals surface area contributed by atoms with Gasteiger partial charge in [-0.2, -0.15) is 0 Å². The number of aliphatic hydroxyl groups is 3. The Hall–Kier alpha value is -4.24. The molecule has 3 aliphatic rings. The van der Waals surface area contributed by atoms with Crippen molar-refractivity contribution in [2.24, 2.45) is 17.6 Å². The quantitative estimate of drug-likeness (QED) is 0.201. The molecule has 1 fully saturated rings. The molecule has 5 rings (SSSR count). The second-order valence-corrected chi connectivity index (χ2v) is 12.4. The summed E-state index contributed by atoms with van der Waals surface area (Å²) >= 11 is 3.29. The Kier molecular flexibility index (Phi) is 7.82. The van der Waals surface area contributed by atoms with Gasteiger partial charge in [-0.3, -0.25) is 24.6 Å². The fourth-order valence-electron chi connectivity index (χ4n) is 6.72. The number of carbonyl (C=O) groups excluding carboxylic acids is 4. The number of carbonyl (C=O) groups is 4. The molecular weight excluding hydrogens is 640 g/mol. The molecular formula is C30H31BrN4O9. The third-order valence-corrected chi connectivity index (χ3v) is 9.05. The molecule has 3 aliphatic carbocycles. The van der Waals surface area contributed by atoms with E-state index in [1.165, 1.54) is 25.1 Å². The normalized spacial score (nSPS) is 26.4. The number of phenolic OH excluding ortho intramolecular Hbond substituents is 1. The van der Waals surface area contributed by atoms with Gasteiger partial charge in [-0.1, -0.05) is 22.0 Å². The maximum Gasteiger partial charge on any atom is 0.417 e. The van der Waals surface area contributed by atoms with Gasteiger partial charge < -0.3 is 35.8 Å². The Morgan fingerprint density at radius 3 is 2.18 bits per heavy atom. The van der Waals surface area contributed by atoms with Gasteiger partial charge in [0, 0.05) is 27.9 Å². The number of fused-ring (bicyclic) bond motifs is 3. The lowest BCUT2D eigenvalue weighted by atomic mass is 9.56. The number of Topliss-reactive ketones (excluding diaryl/α,β-unsaturated/α-hetero) is 2. The molecule has 2 amide bonds. The van der Waals surface area contributed by atoms with Gasteiger partial charge >= 0.3 is 6.09 Å². The number of ether oxygens (including phenoxy) is 1. The van der Waals surface area contributed by atoms with E-state index in [1.54, 1.807) is 49.3 Å². The number of rotatable bonds is 5. The molecule has 44 heavy (non-hydrogen) atoms. The molecule has 2 aromatic carbocycles. The maximum atomic E-state index is 14.2. The van der Waals surface area contributed by atoms with Gasteiger partial charge in [0.25, 0.3) is 5.91 Å². The SMILES string of the molecule is CN(C)C1c2ccc(NC(=O)Oc3ccc(Br)cc3)c(O)c2C(O)=C2C(=O)[C@]3(O)C(O)=C(C(N)=O)C(=O)[C@@H](N(C)C)C3CC21. The van der Waals surface area contributed by atoms with Crippen LogP contribution in [0, 0.1) is 11.8 Å². The van der Waals surface area contributed by atoms with Crippen LogP contribution in [-0.2, 0) is 14.4 Å². The van der Waals surface area contributed by atoms with Crippen LogP contribution in [0.3, 0.4) is 0 Å². The molecule has 5 atom stereocenters. The number of halogens is 1. The van der Waals surface area contributed by atoms with Crippen LogP contribution in [0.4, 0.5) is 10.5 Å². The summed E-state index contributed by atoms with van der Waals surface area (Å²) in [5, 5.41) is 48.2. The molecule has 0 aromatic heterocycles. The van der Waals surface area contributed by atoms with Crippen molar-refractivity contribution in [2.75, 3.05) is 33.5 Å². The van der Waals surface area contributed by atoms with Gasteiger partial charge in [-0.05, 0) is 70.5 Å². The number of phenols is 1. The van der Waals surface area contributed by atoms with Gasteiger partial charge in [0.1, 0.15) is 28.6 Å². The van der Waals surface area contributed by atoms with Crippen LogP contribution in [0.25, 0.3) is 5.76 Å². The van der Waals surface area contributed by atoms with Crippen molar-refractivity contribution in [1.29, 1.82) is 0 Å². The first-order chi connectivity index (χ1) is 20.6. The van der Waals surface area contributed by atoms with E-state index in [2.05, 4.69) is 21.2 Å². The van der Waals surface area contributed by atoms with Crippen LogP contribution < -0.4 is 15.8 Å². The van der Waals surface area contributed by atoms with Crippen LogP contribution in [0.5, 0.6) is 11.5 Å². The van der Waals surface area contributed by atoms with E-state index in [0.717, 1.165) is 4.47 Å². The van der Waals surface area contributed by atoms with E-state index < -0.39 is 75.9 Å². The van der Waals surface area contributed by atoms with Crippen LogP contribution >= 0.6 is 15.9 Å². The smallest absolute Gasteiger partial charge is 0.417 e. The number of likely N-dealkylation sites (N-methyl/N-ethyl adjacent to an activating group) is 1. The first kappa shape index (κ1) is 31.2. The van der Waals surface area contributed by atoms with Crippen LogP contribution in [-0.4, -0.2) is 93.6 Å². The molecule has 0 radical (unpaired) electrons. The number of amides is 2. The van der Waals surface area contributed by atoms with Crippen molar-refractivity contribution in [1.82, 2.24) is 9.80 Å². The van der Waals surface area contributed by atoms with E-state index in [1.807, 2.05) is 0 Å². The lowest BCUT2D eigenvalue weighted by Crippen LogP contribution is -2.66. The summed E-state index contributed by atoms with van der Waals surface area (Å²) in [5.74, 6) is -7.53. The topological polar surface area (TPSA) is 203 Å². The summed E-state index contributed by atoms with van der Waals surface area (Å²) in [6, 6.07) is 7.57. The molecule has 3 unspecified atom stereocenters. The number of nitrogens with two attached hydrogens (primary N) is 1. The third-order valence-electron chi connectivity index (χ3n) is 8.52. The Morgan fingerprint density at radius 2 is 1.61 bits per heavy atom. The molecule has 0 saturated heterocycles. The average Bonchev–Trinajstić information content (AvgIpc) is 2.93. The number of anilines is 1. The third kappa shape index (κ3) is 4.65. The zero-order valence-corrected chi connectivity index (χ0v) is 25.7. The number of ketones is 2. The number of nitrogens with one attached hydrogen (secondary N) is 1. The number of benzene rings is 2. The summed E-state index contributed by atoms with van der Waals surface area (Å²) in [6.07, 6.45) is -1.01. The Bertz CT molecular complexity index is 1670. The first-order valence-corrected chi connectivity index (χ1v) is 14.3. The summed E-state index contributed by atoms with van der Waals surface area (Å²) in [4.78, 5) is 55.6. The molecule has 232 valence electrons. The number of nitrogens with zero attached hydrogens (tertiary/aromatic N) is 2. The van der Waals surface area contributed by atoms with Crippen molar-refractivity contribution in [3.05, 3.63) is 68.9 Å². The molecule has 0 aliphatic heterocycles. The van der Waals surface area contributed by atoms with Crippen molar-refractivity contribution in [3.8, 4) is 11.5 Å². The zero-order valence-electron chi connectivity index (χ0n) is 24.2. The summed E-state index contributed by atoms with van der Waals surface area (Å²) in [6.45, 7) is 0. The van der Waals surface area contributed by atoms with Crippen molar-refractivity contribution >= 4 is 50.9 Å². The molecule has 2 aromatic rings. The summed E-state index contributed by atoms with van der Waals surface area (Å²) < 4.78 is 6.03. The van der Waals surface area contributed by atoms with Gasteiger partial charge in [0.15, 0.2) is 11.4 Å². The highest BCUT2D eigenvalue weighted by Crippen LogP contribution is 2.57. The Morgan fingerprint density at radius 1 is 1.00 bits per heavy atom. The van der Waals surface area contributed by atoms with Crippen LogP contribution in [0.15, 0.2) is 57.8 Å². The first-order valence-electron chi connectivity index (χ1n) is 13.5. The molecule has 1 saturated carbocycles. The van der Waals surface area contributed by atoms with E-state index in [0.29, 0.717) is 5.56 Å². The molecule has 7 N–H and O–H groups in total. The van der Waals surface area contributed by atoms with E-state index in [-0.39, 0.29) is 29.0 Å². The Balaban J connectivity index is 1.64. The van der Waals surface area contributed by atoms with Crippen molar-refractivity contribution in [2.45, 2.75) is 24.1 Å². The lowest BCUT2D eigenvalue weighted by Gasteiger charge is -2.52. The largest absolute Gasteiger partial charge is 0.508 e. The number of hydrogen-bond donors (Lipinski definition) is 6. The molecule has 0 spiro atoms. The second-order valence-electron chi connectivity index (χ2n) is 11.5. The number of hydrogen-bond acceptors (Lipinski definition) is 11. The fourth-order valence-corrected chi connectivity index (χ4v) is 6.99. The van der Waals surface area contributed by atoms with Gasteiger partial charge in [0.2, 0.25) is 5.78 Å². The highest BCUT2D eigenvalue weighted by Gasteiger charge is 2.65. The van der Waals surface area contributed by atoms with Crippen LogP contribution in [0.2, 0.25) is 0 Å². The predicted octanol–water partition coefficient (Wildman–Crippen LogP) is 2.40. The Labute approximate surface area is 260 Å². The van der Waals surface area contributed by atoms with E-state index in [4.69, 9.17) is 10.5 Å². The highest BCUT2D eigenvalue weighted by molar-refractivity contribution is 9.10. The van der Waals surface area contributed by atoms with Gasteiger partial charge in [-0.15, -0.1) is 0 Å². The summed E-state index contributed by atoms with van der Waals surface area (Å²) in [5.41, 5.74) is 1.49. The average molecular weight is 672 g/mol. The minimum Gasteiger partial charge on any atom is -0.508 e. The van der Waals surface area contributed by atoms with Crippen LogP contribution in [0.1, 0.15) is 23.6 Å². The van der Waals surface area contributed by atoms with Gasteiger partial charge in [-0.25, -0.2) is 4.79 Å². The van der Waals surface area contributed by atoms with E-state index in [9.17, 15) is 39.6 Å². The zero-order chi connectivity index (χ0) is 32.4. The second kappa shape index (κ2) is 11.0. The molecule has 14 heteroatoms. The molecule has 0 heterocycles. The minimum atomic E-state index is -2.78. The molecule has 0 bridgehead atoms. The predicted molar refractivity (Wildman–Crippen MR) is 161 cm³/mol. The minimum absolute atomic E-state index is 0.0745. The van der Waals surface area contributed by atoms with Crippen molar-refractivity contribution < 1.29 is 44.3 Å². The maximum absolute atomic E-state index is 14.2. The summed E-state index contributed by atoms with van der Waals surface area (Å²) in [7, 11) is 6.50. The van der Waals surface area contributed by atoms with Gasteiger partial charge in [0.05, 0.1) is 17.3 Å².